The molecule has 0 atom stereocenters. The van der Waals surface area contributed by atoms with Gasteiger partial charge >= 0.3 is 5.97 Å². The minimum atomic E-state index is -3.83. The molecule has 0 spiro atoms. The maximum absolute atomic E-state index is 10.9. The molecular weight excluding hydrogens is 240 g/mol. The smallest absolute Gasteiger partial charge is 0.322 e. The van der Waals surface area contributed by atoms with Gasteiger partial charge in [0.2, 0.25) is 9.05 Å². The fourth-order valence-electron chi connectivity index (χ4n) is 0.920. The van der Waals surface area contributed by atoms with Crippen molar-refractivity contribution in [1.29, 1.82) is 0 Å². The fraction of sp³-hybridized carbons (Fsp3) is 0.222. The van der Waals surface area contributed by atoms with Crippen LogP contribution in [0.2, 0.25) is 0 Å². The molecule has 0 bridgehead atoms. The average Bonchev–Trinajstić information content (AvgIpc) is 2.14. The molecule has 0 unspecified atom stereocenters. The summed E-state index contributed by atoms with van der Waals surface area (Å²) in [5.74, 6) is -1.66. The van der Waals surface area contributed by atoms with Crippen molar-refractivity contribution in [3.63, 3.8) is 0 Å². The third-order valence-corrected chi connectivity index (χ3v) is 2.44. The van der Waals surface area contributed by atoms with Gasteiger partial charge in [-0.3, -0.25) is 4.79 Å². The third kappa shape index (κ3) is 5.39. The van der Waals surface area contributed by atoms with E-state index >= 15 is 0 Å². The Kier molecular flexibility index (Phi) is 4.11. The van der Waals surface area contributed by atoms with Crippen molar-refractivity contribution in [1.82, 2.24) is 0 Å². The Bertz CT molecular complexity index is 427. The molecule has 0 aliphatic heterocycles. The summed E-state index contributed by atoms with van der Waals surface area (Å²) in [5.41, 5.74) is 0.790. The second-order valence-corrected chi connectivity index (χ2v) is 5.61. The summed E-state index contributed by atoms with van der Waals surface area (Å²) < 4.78 is 25.7. The van der Waals surface area contributed by atoms with Gasteiger partial charge in [-0.05, 0) is 5.56 Å². The van der Waals surface area contributed by atoms with Gasteiger partial charge in [0.15, 0.2) is 5.75 Å². The van der Waals surface area contributed by atoms with Gasteiger partial charge in [0.05, 0.1) is 0 Å². The van der Waals surface area contributed by atoms with Crippen LogP contribution >= 0.6 is 10.7 Å². The molecule has 0 amide bonds. The molecule has 15 heavy (non-hydrogen) atoms. The second kappa shape index (κ2) is 5.14. The van der Waals surface area contributed by atoms with Crippen molar-refractivity contribution in [3.05, 3.63) is 35.9 Å². The van der Waals surface area contributed by atoms with Gasteiger partial charge in [0.1, 0.15) is 6.61 Å². The van der Waals surface area contributed by atoms with E-state index in [1.54, 1.807) is 24.3 Å². The molecule has 0 heterocycles. The number of hydrogen-bond donors (Lipinski definition) is 0. The number of rotatable bonds is 4. The Morgan fingerprint density at radius 2 is 1.87 bits per heavy atom. The lowest BCUT2D eigenvalue weighted by atomic mass is 10.2. The molecule has 0 N–H and O–H groups in total. The van der Waals surface area contributed by atoms with E-state index in [-0.39, 0.29) is 6.61 Å². The average molecular weight is 249 g/mol. The van der Waals surface area contributed by atoms with E-state index in [1.165, 1.54) is 0 Å². The topological polar surface area (TPSA) is 60.4 Å². The highest BCUT2D eigenvalue weighted by Gasteiger charge is 2.14. The minimum absolute atomic E-state index is 0.0477. The Morgan fingerprint density at radius 3 is 2.40 bits per heavy atom. The highest BCUT2D eigenvalue weighted by molar-refractivity contribution is 8.14. The number of esters is 1. The first-order chi connectivity index (χ1) is 6.97. The van der Waals surface area contributed by atoms with Crippen LogP contribution in [0, 0.1) is 0 Å². The highest BCUT2D eigenvalue weighted by atomic mass is 35.7. The molecule has 0 radical (unpaired) electrons. The maximum Gasteiger partial charge on any atom is 0.322 e. The molecule has 0 aliphatic carbocycles. The summed E-state index contributed by atoms with van der Waals surface area (Å²) in [6.45, 7) is 0.0477. The van der Waals surface area contributed by atoms with Crippen molar-refractivity contribution in [2.75, 3.05) is 5.75 Å². The van der Waals surface area contributed by atoms with Crippen LogP contribution in [0.5, 0.6) is 0 Å². The molecule has 0 aliphatic rings. The number of halogens is 1. The molecule has 82 valence electrons. The summed E-state index contributed by atoms with van der Waals surface area (Å²) in [4.78, 5) is 10.9. The third-order valence-electron chi connectivity index (χ3n) is 1.53. The molecule has 0 fully saturated rings. The van der Waals surface area contributed by atoms with E-state index in [0.29, 0.717) is 0 Å². The number of carbonyl (C=O) groups excluding carboxylic acids is 1. The molecule has 0 saturated carbocycles. The van der Waals surface area contributed by atoms with Crippen molar-refractivity contribution in [2.45, 2.75) is 6.61 Å². The first-order valence-electron chi connectivity index (χ1n) is 4.09. The van der Waals surface area contributed by atoms with Gasteiger partial charge in [-0.25, -0.2) is 8.42 Å². The zero-order valence-electron chi connectivity index (χ0n) is 7.72. The Hall–Kier alpha value is -1.07. The lowest BCUT2D eigenvalue weighted by molar-refractivity contribution is -0.141. The van der Waals surface area contributed by atoms with Crippen LogP contribution in [-0.4, -0.2) is 20.1 Å². The molecule has 1 aromatic rings. The molecule has 1 aromatic carbocycles. The first-order valence-corrected chi connectivity index (χ1v) is 6.57. The standard InChI is InChI=1S/C9H9ClO4S/c10-15(12,13)7-9(11)14-6-8-4-2-1-3-5-8/h1-5H,6-7H2. The van der Waals surface area contributed by atoms with Crippen LogP contribution in [0.4, 0.5) is 0 Å². The minimum Gasteiger partial charge on any atom is -0.460 e. The molecule has 1 rings (SSSR count). The van der Waals surface area contributed by atoms with Crippen LogP contribution in [-0.2, 0) is 25.2 Å². The number of carbonyl (C=O) groups is 1. The number of ether oxygens (including phenoxy) is 1. The quantitative estimate of drug-likeness (QED) is 0.595. The largest absolute Gasteiger partial charge is 0.460 e. The molecule has 0 saturated heterocycles. The van der Waals surface area contributed by atoms with Crippen molar-refractivity contribution < 1.29 is 17.9 Å². The summed E-state index contributed by atoms with van der Waals surface area (Å²) in [7, 11) is 1.05. The number of hydrogen-bond acceptors (Lipinski definition) is 4. The molecule has 6 heteroatoms. The second-order valence-electron chi connectivity index (χ2n) is 2.83. The van der Waals surface area contributed by atoms with Crippen LogP contribution in [0.1, 0.15) is 5.56 Å². The zero-order valence-corrected chi connectivity index (χ0v) is 9.29. The zero-order chi connectivity index (χ0) is 11.3. The van der Waals surface area contributed by atoms with Crippen LogP contribution < -0.4 is 0 Å². The SMILES string of the molecule is O=C(CS(=O)(=O)Cl)OCc1ccccc1. The van der Waals surface area contributed by atoms with E-state index in [1.807, 2.05) is 6.07 Å². The van der Waals surface area contributed by atoms with Crippen LogP contribution in [0.15, 0.2) is 30.3 Å². The summed E-state index contributed by atoms with van der Waals surface area (Å²) >= 11 is 0. The summed E-state index contributed by atoms with van der Waals surface area (Å²) in [6.07, 6.45) is 0. The van der Waals surface area contributed by atoms with E-state index in [2.05, 4.69) is 0 Å². The monoisotopic (exact) mass is 248 g/mol. The van der Waals surface area contributed by atoms with Crippen LogP contribution in [0.3, 0.4) is 0 Å². The Morgan fingerprint density at radius 1 is 1.27 bits per heavy atom. The van der Waals surface area contributed by atoms with Gasteiger partial charge in [-0.15, -0.1) is 0 Å². The summed E-state index contributed by atoms with van der Waals surface area (Å²) in [5, 5.41) is 0. The maximum atomic E-state index is 10.9. The van der Waals surface area contributed by atoms with E-state index in [9.17, 15) is 13.2 Å². The lowest BCUT2D eigenvalue weighted by Gasteiger charge is -2.02. The van der Waals surface area contributed by atoms with Gasteiger partial charge in [0.25, 0.3) is 0 Å². The summed E-state index contributed by atoms with van der Waals surface area (Å²) in [6, 6.07) is 8.95. The van der Waals surface area contributed by atoms with E-state index in [4.69, 9.17) is 15.4 Å². The van der Waals surface area contributed by atoms with Gasteiger partial charge < -0.3 is 4.74 Å². The van der Waals surface area contributed by atoms with E-state index < -0.39 is 20.8 Å². The molecule has 4 nitrogen and oxygen atoms in total. The van der Waals surface area contributed by atoms with Gasteiger partial charge in [0, 0.05) is 10.7 Å². The highest BCUT2D eigenvalue weighted by Crippen LogP contribution is 2.02. The van der Waals surface area contributed by atoms with Crippen molar-refractivity contribution in [3.8, 4) is 0 Å². The molecule has 0 aromatic heterocycles. The van der Waals surface area contributed by atoms with Gasteiger partial charge in [-0.1, -0.05) is 30.3 Å². The predicted molar refractivity (Wildman–Crippen MR) is 55.9 cm³/mol. The molecular formula is C9H9ClO4S. The Labute approximate surface area is 92.2 Å². The fourth-order valence-corrected chi connectivity index (χ4v) is 1.55. The van der Waals surface area contributed by atoms with Crippen molar-refractivity contribution >= 4 is 25.7 Å². The predicted octanol–water partition coefficient (Wildman–Crippen LogP) is 1.30. The normalized spacial score (nSPS) is 11.0. The van der Waals surface area contributed by atoms with Crippen LogP contribution in [0.25, 0.3) is 0 Å². The lowest BCUT2D eigenvalue weighted by Crippen LogP contribution is -2.14. The Balaban J connectivity index is 2.42. The van der Waals surface area contributed by atoms with E-state index in [0.717, 1.165) is 5.56 Å². The van der Waals surface area contributed by atoms with Gasteiger partial charge in [-0.2, -0.15) is 0 Å². The van der Waals surface area contributed by atoms with Crippen molar-refractivity contribution in [2.24, 2.45) is 0 Å². The number of benzene rings is 1. The first kappa shape index (κ1) is 12.0.